The molecule has 18 heteroatoms. The molecule has 2 amide bonds. The third kappa shape index (κ3) is 9.67. The van der Waals surface area contributed by atoms with Gasteiger partial charge in [0.2, 0.25) is 0 Å². The van der Waals surface area contributed by atoms with Crippen molar-refractivity contribution in [2.45, 2.75) is 77.7 Å². The van der Waals surface area contributed by atoms with E-state index in [9.17, 15) is 19.7 Å². The number of aromatic nitrogens is 4. The van der Waals surface area contributed by atoms with Gasteiger partial charge in [-0.15, -0.1) is 0 Å². The summed E-state index contributed by atoms with van der Waals surface area (Å²) in [6, 6.07) is 6.60. The summed E-state index contributed by atoms with van der Waals surface area (Å²) in [5.41, 5.74) is 8.42. The first-order chi connectivity index (χ1) is 24.4. The highest BCUT2D eigenvalue weighted by molar-refractivity contribution is 6.30. The van der Waals surface area contributed by atoms with Crippen molar-refractivity contribution >= 4 is 80.2 Å². The number of nitrogens with zero attached hydrogens (tertiary/aromatic N) is 7. The second-order valence-corrected chi connectivity index (χ2v) is 15.3. The van der Waals surface area contributed by atoms with Crippen LogP contribution in [0.25, 0.3) is 22.1 Å². The van der Waals surface area contributed by atoms with Gasteiger partial charge in [0.1, 0.15) is 44.4 Å². The summed E-state index contributed by atoms with van der Waals surface area (Å²) in [5.74, 6) is 0. The number of nitrogens with one attached hydrogen (secondary N) is 2. The maximum Gasteiger partial charge on any atom is 0.410 e. The Bertz CT molecular complexity index is 1980. The van der Waals surface area contributed by atoms with Crippen molar-refractivity contribution in [3.8, 4) is 0 Å². The number of halogens is 2. The number of nitrogens with two attached hydrogens (primary N) is 1. The lowest BCUT2D eigenvalue weighted by molar-refractivity contribution is -0.384. The van der Waals surface area contributed by atoms with Gasteiger partial charge in [-0.3, -0.25) is 15.1 Å². The van der Waals surface area contributed by atoms with Crippen molar-refractivity contribution in [2.24, 2.45) is 0 Å². The molecule has 0 aromatic carbocycles. The van der Waals surface area contributed by atoms with Crippen LogP contribution in [0.15, 0.2) is 36.7 Å². The van der Waals surface area contributed by atoms with E-state index in [2.05, 4.69) is 30.6 Å². The molecule has 0 aliphatic carbocycles. The molecule has 4 aromatic rings. The van der Waals surface area contributed by atoms with Gasteiger partial charge in [0.15, 0.2) is 0 Å². The van der Waals surface area contributed by atoms with Crippen LogP contribution in [0.1, 0.15) is 54.4 Å². The smallest absolute Gasteiger partial charge is 0.410 e. The van der Waals surface area contributed by atoms with E-state index in [1.807, 2.05) is 20.8 Å². The largest absolute Gasteiger partial charge is 0.444 e. The van der Waals surface area contributed by atoms with Gasteiger partial charge < -0.3 is 35.6 Å². The minimum atomic E-state index is -0.580. The van der Waals surface area contributed by atoms with Crippen LogP contribution in [0.4, 0.5) is 32.3 Å². The van der Waals surface area contributed by atoms with E-state index in [0.717, 1.165) is 6.42 Å². The van der Waals surface area contributed by atoms with Gasteiger partial charge in [-0.05, 0) is 78.6 Å². The Kier molecular flexibility index (Phi) is 11.3. The molecular formula is C34H42Cl2N10O6. The molecule has 2 fully saturated rings. The summed E-state index contributed by atoms with van der Waals surface area (Å²) >= 11 is 12.0. The summed E-state index contributed by atoms with van der Waals surface area (Å²) in [5, 5.41) is 18.6. The maximum absolute atomic E-state index is 12.2. The van der Waals surface area contributed by atoms with Crippen molar-refractivity contribution in [3.63, 3.8) is 0 Å². The summed E-state index contributed by atoms with van der Waals surface area (Å²) in [6.07, 6.45) is 3.51. The van der Waals surface area contributed by atoms with Crippen LogP contribution in [0.2, 0.25) is 10.3 Å². The SMILES string of the molecule is CC(C)(C)OC(=O)N1CC[C@H](Nc2c(N)cnc3ccc(Cl)nc23)C1.CC(C)(C)OC(=O)N1CC[C@H](Nc2c([N+](=O)[O-])cnc3ccc(Cl)nc23)C1. The van der Waals surface area contributed by atoms with Crippen LogP contribution in [0.5, 0.6) is 0 Å². The van der Waals surface area contributed by atoms with Gasteiger partial charge in [0.25, 0.3) is 0 Å². The minimum Gasteiger partial charge on any atom is -0.444 e. The number of nitro groups is 1. The fraction of sp³-hybridized carbons (Fsp3) is 0.471. The zero-order valence-corrected chi connectivity index (χ0v) is 31.3. The Balaban J connectivity index is 0.000000202. The fourth-order valence-corrected chi connectivity index (χ4v) is 5.97. The number of pyridine rings is 4. The highest BCUT2D eigenvalue weighted by Gasteiger charge is 2.33. The molecule has 0 saturated carbocycles. The number of ether oxygens (including phenoxy) is 2. The van der Waals surface area contributed by atoms with E-state index >= 15 is 0 Å². The number of hydrogen-bond acceptors (Lipinski definition) is 13. The number of fused-ring (bicyclic) bond motifs is 2. The van der Waals surface area contributed by atoms with E-state index in [-0.39, 0.29) is 34.7 Å². The first-order valence-corrected chi connectivity index (χ1v) is 17.4. The van der Waals surface area contributed by atoms with Gasteiger partial charge in [-0.2, -0.15) is 0 Å². The monoisotopic (exact) mass is 756 g/mol. The number of amides is 2. The van der Waals surface area contributed by atoms with Crippen LogP contribution in [-0.4, -0.2) is 96.3 Å². The lowest BCUT2D eigenvalue weighted by Crippen LogP contribution is -2.36. The molecule has 2 aliphatic heterocycles. The van der Waals surface area contributed by atoms with Crippen LogP contribution in [0.3, 0.4) is 0 Å². The van der Waals surface area contributed by atoms with Crippen molar-refractivity contribution < 1.29 is 24.0 Å². The molecule has 0 spiro atoms. The number of rotatable bonds is 5. The first kappa shape index (κ1) is 38.3. The minimum absolute atomic E-state index is 0.0567. The molecule has 4 aromatic heterocycles. The zero-order valence-electron chi connectivity index (χ0n) is 29.8. The molecule has 6 heterocycles. The van der Waals surface area contributed by atoms with Crippen LogP contribution >= 0.6 is 23.2 Å². The third-order valence-electron chi connectivity index (χ3n) is 7.94. The van der Waals surface area contributed by atoms with E-state index in [4.69, 9.17) is 38.4 Å². The van der Waals surface area contributed by atoms with Crippen molar-refractivity contribution in [1.29, 1.82) is 0 Å². The molecular weight excluding hydrogens is 715 g/mol. The van der Waals surface area contributed by atoms with Gasteiger partial charge in [-0.1, -0.05) is 23.2 Å². The molecule has 278 valence electrons. The van der Waals surface area contributed by atoms with E-state index < -0.39 is 22.2 Å². The molecule has 0 radical (unpaired) electrons. The van der Waals surface area contributed by atoms with Crippen LogP contribution in [-0.2, 0) is 9.47 Å². The molecule has 0 unspecified atom stereocenters. The Morgan fingerprint density at radius 2 is 1.25 bits per heavy atom. The normalized spacial score (nSPS) is 17.5. The van der Waals surface area contributed by atoms with Crippen molar-refractivity contribution in [1.82, 2.24) is 29.7 Å². The number of likely N-dealkylation sites (tertiary alicyclic amines) is 2. The highest BCUT2D eigenvalue weighted by atomic mass is 35.5. The molecule has 16 nitrogen and oxygen atoms in total. The van der Waals surface area contributed by atoms with E-state index in [1.165, 1.54) is 6.20 Å². The lowest BCUT2D eigenvalue weighted by Gasteiger charge is -2.24. The summed E-state index contributed by atoms with van der Waals surface area (Å²) in [4.78, 5) is 55.5. The highest BCUT2D eigenvalue weighted by Crippen LogP contribution is 2.33. The standard InChI is InChI=1S/C17H20ClN5O4.C17H22ClN5O2/c1-17(2,3)27-16(24)22-7-6-10(9-22)20-15-12(23(25)26)8-19-11-4-5-13(18)21-14(11)15;1-17(2,3)25-16(24)23-7-6-10(9-23)21-14-11(19)8-20-12-4-5-13(18)22-15(12)14/h4-5,8,10H,6-7,9H2,1-3H3,(H,19,20);4-5,8,10H,6-7,9,19H2,1-3H3,(H,20,21)/t2*10-/m00/s1. The first-order valence-electron chi connectivity index (χ1n) is 16.7. The number of carbonyl (C=O) groups is 2. The number of nitrogen functional groups attached to an aromatic ring is 1. The Morgan fingerprint density at radius 1 is 0.808 bits per heavy atom. The summed E-state index contributed by atoms with van der Waals surface area (Å²) < 4.78 is 10.8. The zero-order chi connectivity index (χ0) is 38.0. The number of hydrogen-bond donors (Lipinski definition) is 3. The summed E-state index contributed by atoms with van der Waals surface area (Å²) in [6.45, 7) is 13.0. The van der Waals surface area contributed by atoms with Crippen LogP contribution < -0.4 is 16.4 Å². The molecule has 2 aliphatic rings. The van der Waals surface area contributed by atoms with Crippen molar-refractivity contribution in [3.05, 3.63) is 57.1 Å². The average molecular weight is 758 g/mol. The average Bonchev–Trinajstić information content (AvgIpc) is 3.72. The number of anilines is 3. The molecule has 4 N–H and O–H groups in total. The van der Waals surface area contributed by atoms with E-state index in [1.54, 1.807) is 61.0 Å². The number of carbonyl (C=O) groups excluding carboxylic acids is 2. The molecule has 52 heavy (non-hydrogen) atoms. The predicted octanol–water partition coefficient (Wildman–Crippen LogP) is 6.90. The van der Waals surface area contributed by atoms with E-state index in [0.29, 0.717) is 71.2 Å². The quantitative estimate of drug-likeness (QED) is 0.108. The summed E-state index contributed by atoms with van der Waals surface area (Å²) in [7, 11) is 0. The van der Waals surface area contributed by atoms with Crippen LogP contribution in [0, 0.1) is 10.1 Å². The molecule has 6 rings (SSSR count). The lowest BCUT2D eigenvalue weighted by atomic mass is 10.2. The van der Waals surface area contributed by atoms with Gasteiger partial charge >= 0.3 is 17.9 Å². The third-order valence-corrected chi connectivity index (χ3v) is 8.36. The second-order valence-electron chi connectivity index (χ2n) is 14.5. The topological polar surface area (TPSA) is 204 Å². The fourth-order valence-electron chi connectivity index (χ4n) is 5.67. The van der Waals surface area contributed by atoms with Crippen molar-refractivity contribution in [2.75, 3.05) is 42.5 Å². The second kappa shape index (κ2) is 15.3. The maximum atomic E-state index is 12.2. The van der Waals surface area contributed by atoms with Gasteiger partial charge in [0, 0.05) is 38.3 Å². The van der Waals surface area contributed by atoms with Gasteiger partial charge in [-0.25, -0.2) is 24.5 Å². The van der Waals surface area contributed by atoms with Gasteiger partial charge in [0.05, 0.1) is 33.5 Å². The Labute approximate surface area is 310 Å². The molecule has 2 saturated heterocycles. The molecule has 2 atom stereocenters. The predicted molar refractivity (Wildman–Crippen MR) is 200 cm³/mol. The Hall–Kier alpha value is -4.96. The molecule has 0 bridgehead atoms. The Morgan fingerprint density at radius 3 is 1.71 bits per heavy atom.